The molecular formula is C18H20N4O2. The van der Waals surface area contributed by atoms with Crippen molar-refractivity contribution in [3.8, 4) is 0 Å². The minimum atomic E-state index is -0.179. The molecule has 0 spiro atoms. The van der Waals surface area contributed by atoms with Gasteiger partial charge in [0.2, 0.25) is 0 Å². The van der Waals surface area contributed by atoms with E-state index in [1.807, 2.05) is 48.1 Å². The highest BCUT2D eigenvalue weighted by Gasteiger charge is 2.43. The van der Waals surface area contributed by atoms with Gasteiger partial charge in [-0.3, -0.25) is 4.68 Å². The van der Waals surface area contributed by atoms with Crippen molar-refractivity contribution < 1.29 is 9.21 Å². The van der Waals surface area contributed by atoms with E-state index in [9.17, 15) is 4.79 Å². The van der Waals surface area contributed by atoms with Crippen molar-refractivity contribution in [2.24, 2.45) is 5.41 Å². The van der Waals surface area contributed by atoms with Crippen LogP contribution in [-0.2, 0) is 6.54 Å². The number of urea groups is 1. The fraction of sp³-hybridized carbons (Fsp3) is 0.333. The van der Waals surface area contributed by atoms with Crippen molar-refractivity contribution in [3.05, 3.63) is 48.5 Å². The first-order valence-electron chi connectivity index (χ1n) is 8.14. The topological polar surface area (TPSA) is 72.1 Å². The number of carbonyl (C=O) groups excluding carboxylic acids is 1. The molecule has 3 aromatic rings. The molecular weight excluding hydrogens is 304 g/mol. The van der Waals surface area contributed by atoms with Gasteiger partial charge in [-0.25, -0.2) is 4.79 Å². The van der Waals surface area contributed by atoms with Gasteiger partial charge in [0, 0.05) is 42.0 Å². The Morgan fingerprint density at radius 3 is 3.00 bits per heavy atom. The van der Waals surface area contributed by atoms with E-state index >= 15 is 0 Å². The second-order valence-electron chi connectivity index (χ2n) is 6.62. The van der Waals surface area contributed by atoms with Crippen LogP contribution in [0.25, 0.3) is 11.0 Å². The van der Waals surface area contributed by atoms with E-state index in [0.29, 0.717) is 6.54 Å². The van der Waals surface area contributed by atoms with Crippen LogP contribution >= 0.6 is 0 Å². The van der Waals surface area contributed by atoms with Crippen LogP contribution in [0, 0.1) is 12.3 Å². The molecule has 2 heterocycles. The van der Waals surface area contributed by atoms with E-state index in [4.69, 9.17) is 4.42 Å². The zero-order valence-electron chi connectivity index (χ0n) is 13.6. The number of hydrogen-bond acceptors (Lipinski definition) is 3. The molecule has 0 unspecified atom stereocenters. The molecule has 6 heteroatoms. The van der Waals surface area contributed by atoms with Crippen molar-refractivity contribution in [2.45, 2.75) is 26.3 Å². The van der Waals surface area contributed by atoms with E-state index in [2.05, 4.69) is 15.7 Å². The van der Waals surface area contributed by atoms with Gasteiger partial charge in [-0.05, 0) is 50.1 Å². The largest absolute Gasteiger partial charge is 0.461 e. The number of aromatic nitrogens is 2. The van der Waals surface area contributed by atoms with Crippen LogP contribution in [0.2, 0.25) is 0 Å². The predicted molar refractivity (Wildman–Crippen MR) is 91.9 cm³/mol. The van der Waals surface area contributed by atoms with Crippen LogP contribution in [0.1, 0.15) is 18.6 Å². The van der Waals surface area contributed by atoms with Gasteiger partial charge < -0.3 is 15.1 Å². The summed E-state index contributed by atoms with van der Waals surface area (Å²) in [7, 11) is 0. The monoisotopic (exact) mass is 324 g/mol. The number of aryl methyl sites for hydroxylation is 1. The highest BCUT2D eigenvalue weighted by molar-refractivity contribution is 5.92. The minimum absolute atomic E-state index is 0.148. The van der Waals surface area contributed by atoms with Crippen molar-refractivity contribution in [2.75, 3.05) is 11.9 Å². The Balaban J connectivity index is 1.34. The Morgan fingerprint density at radius 2 is 2.25 bits per heavy atom. The van der Waals surface area contributed by atoms with E-state index in [0.717, 1.165) is 41.8 Å². The third-order valence-electron chi connectivity index (χ3n) is 4.54. The summed E-state index contributed by atoms with van der Waals surface area (Å²) in [6.07, 6.45) is 5.98. The molecule has 0 saturated heterocycles. The van der Waals surface area contributed by atoms with Gasteiger partial charge in [-0.2, -0.15) is 5.10 Å². The summed E-state index contributed by atoms with van der Waals surface area (Å²) in [6.45, 7) is 3.42. The zero-order chi connectivity index (χ0) is 16.6. The Labute approximate surface area is 139 Å². The zero-order valence-corrected chi connectivity index (χ0v) is 13.6. The summed E-state index contributed by atoms with van der Waals surface area (Å²) < 4.78 is 7.47. The molecule has 2 N–H and O–H groups in total. The molecule has 0 bridgehead atoms. The van der Waals surface area contributed by atoms with E-state index in [-0.39, 0.29) is 11.4 Å². The van der Waals surface area contributed by atoms with Crippen LogP contribution in [0.5, 0.6) is 0 Å². The van der Waals surface area contributed by atoms with Gasteiger partial charge in [0.25, 0.3) is 0 Å². The molecule has 0 radical (unpaired) electrons. The van der Waals surface area contributed by atoms with Gasteiger partial charge >= 0.3 is 6.03 Å². The number of furan rings is 1. The van der Waals surface area contributed by atoms with Crippen molar-refractivity contribution in [1.29, 1.82) is 0 Å². The van der Waals surface area contributed by atoms with Crippen molar-refractivity contribution in [1.82, 2.24) is 15.1 Å². The fourth-order valence-electron chi connectivity index (χ4n) is 3.00. The maximum atomic E-state index is 12.2. The van der Waals surface area contributed by atoms with Gasteiger partial charge in [-0.1, -0.05) is 0 Å². The van der Waals surface area contributed by atoms with E-state index in [1.54, 1.807) is 6.20 Å². The average molecular weight is 324 g/mol. The van der Waals surface area contributed by atoms with E-state index < -0.39 is 0 Å². The molecule has 1 aliphatic carbocycles. The Hall–Kier alpha value is -2.76. The standard InChI is InChI=1S/C18H20N4O2/c1-13-9-14-10-15(3-4-16(14)24-13)21-17(23)19-11-18(5-6-18)12-22-8-2-7-20-22/h2-4,7-10H,5-6,11-12H2,1H3,(H2,19,21,23). The molecule has 2 amide bonds. The van der Waals surface area contributed by atoms with Crippen molar-refractivity contribution >= 4 is 22.7 Å². The first-order chi connectivity index (χ1) is 11.6. The first kappa shape index (κ1) is 14.8. The summed E-state index contributed by atoms with van der Waals surface area (Å²) in [6, 6.07) is 9.34. The highest BCUT2D eigenvalue weighted by Crippen LogP contribution is 2.46. The third kappa shape index (κ3) is 3.13. The number of anilines is 1. The summed E-state index contributed by atoms with van der Waals surface area (Å²) in [5.41, 5.74) is 1.74. The first-order valence-corrected chi connectivity index (χ1v) is 8.14. The highest BCUT2D eigenvalue weighted by atomic mass is 16.3. The molecule has 124 valence electrons. The summed E-state index contributed by atoms with van der Waals surface area (Å²) in [5, 5.41) is 11.1. The normalized spacial score (nSPS) is 15.4. The number of fused-ring (bicyclic) bond motifs is 1. The maximum absolute atomic E-state index is 12.2. The molecule has 6 nitrogen and oxygen atoms in total. The molecule has 1 aromatic carbocycles. The molecule has 1 aliphatic rings. The number of benzene rings is 1. The lowest BCUT2D eigenvalue weighted by molar-refractivity contribution is 0.248. The number of nitrogens with one attached hydrogen (secondary N) is 2. The van der Waals surface area contributed by atoms with Crippen LogP contribution in [0.15, 0.2) is 47.1 Å². The van der Waals surface area contributed by atoms with Crippen LogP contribution in [0.3, 0.4) is 0 Å². The molecule has 1 saturated carbocycles. The van der Waals surface area contributed by atoms with Crippen molar-refractivity contribution in [3.63, 3.8) is 0 Å². The molecule has 4 rings (SSSR count). The van der Waals surface area contributed by atoms with Gasteiger partial charge in [0.1, 0.15) is 11.3 Å². The number of nitrogens with zero attached hydrogens (tertiary/aromatic N) is 2. The smallest absolute Gasteiger partial charge is 0.319 e. The molecule has 0 atom stereocenters. The molecule has 24 heavy (non-hydrogen) atoms. The lowest BCUT2D eigenvalue weighted by Gasteiger charge is -2.16. The quantitative estimate of drug-likeness (QED) is 0.754. The second-order valence-corrected chi connectivity index (χ2v) is 6.62. The Morgan fingerprint density at radius 1 is 1.38 bits per heavy atom. The molecule has 0 aliphatic heterocycles. The Bertz CT molecular complexity index is 862. The number of carbonyl (C=O) groups is 1. The van der Waals surface area contributed by atoms with Crippen LogP contribution < -0.4 is 10.6 Å². The molecule has 1 fully saturated rings. The summed E-state index contributed by atoms with van der Waals surface area (Å²) in [5.74, 6) is 0.862. The van der Waals surface area contributed by atoms with Crippen LogP contribution in [0.4, 0.5) is 10.5 Å². The predicted octanol–water partition coefficient (Wildman–Crippen LogP) is 3.54. The number of amides is 2. The van der Waals surface area contributed by atoms with Gasteiger partial charge in [-0.15, -0.1) is 0 Å². The number of rotatable bonds is 5. The SMILES string of the molecule is Cc1cc2cc(NC(=O)NCC3(Cn4cccn4)CC3)ccc2o1. The van der Waals surface area contributed by atoms with Gasteiger partial charge in [0.15, 0.2) is 0 Å². The fourth-order valence-corrected chi connectivity index (χ4v) is 3.00. The van der Waals surface area contributed by atoms with Crippen LogP contribution in [-0.4, -0.2) is 22.4 Å². The lowest BCUT2D eigenvalue weighted by atomic mass is 10.1. The average Bonchev–Trinajstić information content (AvgIpc) is 2.93. The third-order valence-corrected chi connectivity index (χ3v) is 4.54. The summed E-state index contributed by atoms with van der Waals surface area (Å²) >= 11 is 0. The maximum Gasteiger partial charge on any atom is 0.319 e. The Kier molecular flexibility index (Phi) is 3.52. The second kappa shape index (κ2) is 5.70. The number of hydrogen-bond donors (Lipinski definition) is 2. The van der Waals surface area contributed by atoms with E-state index in [1.165, 1.54) is 0 Å². The summed E-state index contributed by atoms with van der Waals surface area (Å²) in [4.78, 5) is 12.2. The molecule has 2 aromatic heterocycles. The van der Waals surface area contributed by atoms with Gasteiger partial charge in [0.05, 0.1) is 0 Å². The lowest BCUT2D eigenvalue weighted by Crippen LogP contribution is -2.35. The minimum Gasteiger partial charge on any atom is -0.461 e.